The van der Waals surface area contributed by atoms with Gasteiger partial charge in [0.15, 0.2) is 34.5 Å². The molecule has 13 heteroatoms. The first-order valence-corrected chi connectivity index (χ1v) is 37.5. The van der Waals surface area contributed by atoms with E-state index in [1.807, 2.05) is 121 Å². The van der Waals surface area contributed by atoms with Gasteiger partial charge in [-0.2, -0.15) is 0 Å². The molecule has 0 radical (unpaired) electrons. The van der Waals surface area contributed by atoms with Crippen molar-refractivity contribution in [3.8, 4) is 120 Å². The Balaban J connectivity index is 0.000000100. The molecule has 16 aromatic carbocycles. The molecular weight excluding hydrogens is 1380 g/mol. The van der Waals surface area contributed by atoms with E-state index in [2.05, 4.69) is 265 Å². The minimum absolute atomic E-state index is 0.740. The maximum atomic E-state index is 6.76. The van der Waals surface area contributed by atoms with Gasteiger partial charge < -0.3 is 23.3 Å². The molecule has 0 fully saturated rings. The van der Waals surface area contributed by atoms with Gasteiger partial charge in [-0.05, 0) is 120 Å². The summed E-state index contributed by atoms with van der Waals surface area (Å²) in [7, 11) is 0. The lowest BCUT2D eigenvalue weighted by molar-refractivity contribution is 0.473. The average molecular weight is 1440 g/mol. The number of ether oxygens (including phenoxy) is 3. The maximum Gasteiger partial charge on any atom is 0.175 e. The van der Waals surface area contributed by atoms with E-state index in [0.29, 0.717) is 0 Å². The normalized spacial score (nSPS) is 12.1. The van der Waals surface area contributed by atoms with Gasteiger partial charge in [-0.25, -0.2) is 24.9 Å². The Hall–Kier alpha value is -15.5. The zero-order valence-corrected chi connectivity index (χ0v) is 59.8. The SMILES string of the molecule is c1ccc(-c2nc3cccc4c3n2-c2cccc(-n3c5ccccc5c5c6ccccc6ccc53)c2O4)cc1.c1ccc(-c2nc3cccc4c3n2-c2cccc(-n3c5ccccc5c5ccccc53)c2O4)cc1.c1ccc(-c2nc3ccccc3nc2-c2cccc3c2Oc2cccc4nc(-c5ccccc5)n-3c24)cc1. The molecule has 22 aromatic rings. The molecule has 3 aliphatic rings. The van der Waals surface area contributed by atoms with E-state index in [9.17, 15) is 0 Å². The van der Waals surface area contributed by atoms with E-state index in [1.165, 1.54) is 32.3 Å². The number of imidazole rings is 3. The highest BCUT2D eigenvalue weighted by Crippen LogP contribution is 2.53. The third-order valence-electron chi connectivity index (χ3n) is 21.8. The van der Waals surface area contributed by atoms with Crippen LogP contribution in [-0.4, -0.2) is 47.8 Å². The molecule has 13 nitrogen and oxygen atoms in total. The van der Waals surface area contributed by atoms with Gasteiger partial charge in [-0.15, -0.1) is 0 Å². The first kappa shape index (κ1) is 62.7. The second kappa shape index (κ2) is 25.1. The van der Waals surface area contributed by atoms with Gasteiger partial charge in [0, 0.05) is 49.4 Å². The summed E-state index contributed by atoms with van der Waals surface area (Å²) in [5.74, 6) is 7.49. The summed E-state index contributed by atoms with van der Waals surface area (Å²) in [5, 5.41) is 7.43. The monoisotopic (exact) mass is 1440 g/mol. The van der Waals surface area contributed by atoms with Crippen molar-refractivity contribution in [2.24, 2.45) is 0 Å². The van der Waals surface area contributed by atoms with Crippen LogP contribution in [0.4, 0.5) is 0 Å². The molecule has 0 bridgehead atoms. The van der Waals surface area contributed by atoms with E-state index in [4.69, 9.17) is 39.1 Å². The van der Waals surface area contributed by atoms with Crippen LogP contribution >= 0.6 is 0 Å². The second-order valence-electron chi connectivity index (χ2n) is 28.2. The first-order chi connectivity index (χ1) is 55.6. The topological polar surface area (TPSA) is 117 Å². The lowest BCUT2D eigenvalue weighted by Crippen LogP contribution is -2.09. The number of aromatic nitrogens is 10. The van der Waals surface area contributed by atoms with Crippen molar-refractivity contribution in [1.29, 1.82) is 0 Å². The van der Waals surface area contributed by atoms with Gasteiger partial charge in [-0.3, -0.25) is 13.7 Å². The molecule has 0 saturated carbocycles. The highest BCUT2D eigenvalue weighted by molar-refractivity contribution is 6.21. The quantitative estimate of drug-likeness (QED) is 0.155. The summed E-state index contributed by atoms with van der Waals surface area (Å²) < 4.78 is 31.5. The largest absolute Gasteiger partial charge is 0.452 e. The van der Waals surface area contributed by atoms with E-state index >= 15 is 0 Å². The zero-order chi connectivity index (χ0) is 73.5. The zero-order valence-electron chi connectivity index (χ0n) is 59.8. The lowest BCUT2D eigenvalue weighted by atomic mass is 10.0. The molecule has 6 aromatic heterocycles. The number of nitrogens with zero attached hydrogens (tertiary/aromatic N) is 10. The molecule has 524 valence electrons. The van der Waals surface area contributed by atoms with Crippen LogP contribution in [0.2, 0.25) is 0 Å². The van der Waals surface area contributed by atoms with Gasteiger partial charge in [-0.1, -0.05) is 255 Å². The lowest BCUT2D eigenvalue weighted by Gasteiger charge is -2.24. The highest BCUT2D eigenvalue weighted by atomic mass is 16.5. The van der Waals surface area contributed by atoms with Crippen LogP contribution < -0.4 is 14.2 Å². The predicted octanol–water partition coefficient (Wildman–Crippen LogP) is 25.0. The predicted molar refractivity (Wildman–Crippen MR) is 450 cm³/mol. The molecule has 9 heterocycles. The van der Waals surface area contributed by atoms with E-state index < -0.39 is 0 Å². The van der Waals surface area contributed by atoms with Crippen LogP contribution in [-0.2, 0) is 0 Å². The second-order valence-corrected chi connectivity index (χ2v) is 28.2. The van der Waals surface area contributed by atoms with E-state index in [-0.39, 0.29) is 0 Å². The summed E-state index contributed by atoms with van der Waals surface area (Å²) >= 11 is 0. The fourth-order valence-electron chi connectivity index (χ4n) is 17.0. The fraction of sp³-hybridized carbons (Fsp3) is 0. The Morgan fingerprint density at radius 1 is 0.205 bits per heavy atom. The molecule has 112 heavy (non-hydrogen) atoms. The number of rotatable bonds is 7. The molecule has 0 atom stereocenters. The third-order valence-corrected chi connectivity index (χ3v) is 21.8. The molecule has 0 unspecified atom stereocenters. The Morgan fingerprint density at radius 2 is 0.545 bits per heavy atom. The van der Waals surface area contributed by atoms with Crippen LogP contribution in [0, 0.1) is 0 Å². The van der Waals surface area contributed by atoms with Crippen LogP contribution in [0.15, 0.2) is 364 Å². The van der Waals surface area contributed by atoms with Crippen LogP contribution in [0.25, 0.3) is 184 Å². The van der Waals surface area contributed by atoms with Crippen molar-refractivity contribution in [1.82, 2.24) is 47.8 Å². The number of para-hydroxylation sites is 11. The van der Waals surface area contributed by atoms with Crippen molar-refractivity contribution < 1.29 is 14.2 Å². The summed E-state index contributed by atoms with van der Waals surface area (Å²) in [6.45, 7) is 0. The Labute approximate surface area is 640 Å². The molecule has 0 amide bonds. The minimum Gasteiger partial charge on any atom is -0.452 e. The molecule has 25 rings (SSSR count). The average Bonchev–Trinajstić information content (AvgIpc) is 1.56. The third kappa shape index (κ3) is 9.66. The smallest absolute Gasteiger partial charge is 0.175 e. The van der Waals surface area contributed by atoms with Crippen LogP contribution in [0.3, 0.4) is 0 Å². The maximum absolute atomic E-state index is 6.76. The van der Waals surface area contributed by atoms with Crippen molar-refractivity contribution in [3.05, 3.63) is 364 Å². The fourth-order valence-corrected chi connectivity index (χ4v) is 17.0. The van der Waals surface area contributed by atoms with E-state index in [0.717, 1.165) is 186 Å². The molecule has 0 saturated heterocycles. The van der Waals surface area contributed by atoms with Crippen molar-refractivity contribution in [2.75, 3.05) is 0 Å². The Kier molecular flexibility index (Phi) is 14.0. The molecule has 3 aliphatic heterocycles. The first-order valence-electron chi connectivity index (χ1n) is 37.5. The number of fused-ring (bicyclic) bond motifs is 15. The highest BCUT2D eigenvalue weighted by Gasteiger charge is 2.33. The number of benzene rings is 16. The number of hydrogen-bond donors (Lipinski definition) is 0. The van der Waals surface area contributed by atoms with Gasteiger partial charge in [0.25, 0.3) is 0 Å². The molecule has 0 aliphatic carbocycles. The van der Waals surface area contributed by atoms with Gasteiger partial charge in [0.05, 0.1) is 83.8 Å². The van der Waals surface area contributed by atoms with Crippen molar-refractivity contribution in [2.45, 2.75) is 0 Å². The van der Waals surface area contributed by atoms with E-state index in [1.54, 1.807) is 0 Å². The van der Waals surface area contributed by atoms with Crippen LogP contribution in [0.1, 0.15) is 0 Å². The Morgan fingerprint density at radius 3 is 1.03 bits per heavy atom. The molecule has 0 N–H and O–H groups in total. The summed E-state index contributed by atoms with van der Waals surface area (Å²) in [6.07, 6.45) is 0. The van der Waals surface area contributed by atoms with Gasteiger partial charge in [0.2, 0.25) is 0 Å². The molecular formula is C99H60N10O3. The standard InChI is InChI=1S/C35H21N3O.C33H20N4O.C31H19N3O/c1-2-11-23(12-3-1)35-36-26-15-8-19-31-33(26)38(35)30-18-9-17-29(34(30)39-31)37-27-16-7-6-14-25(27)32-24-13-5-4-10-22(24)20-21-28(32)37;1-3-11-21(12-4-1)29-30(35-25-17-8-7-16-24(25)34-29)23-15-9-19-27-32(23)38-28-20-10-18-26-31(28)37(27)33(36-26)22-13-5-2-6-14-22;1-2-10-20(11-3-1)31-32-23-14-8-19-28-29(23)34(31)27-18-9-17-26(30(27)35-28)33-24-15-6-4-12-21(24)22-13-5-7-16-25(22)33/h1-21H;1-20H;1-19H. The summed E-state index contributed by atoms with van der Waals surface area (Å²) in [4.78, 5) is 25.3. The Bertz CT molecular complexity index is 7560. The van der Waals surface area contributed by atoms with Gasteiger partial charge >= 0.3 is 0 Å². The van der Waals surface area contributed by atoms with Crippen LogP contribution in [0.5, 0.6) is 34.5 Å². The number of hydrogen-bond acceptors (Lipinski definition) is 8. The molecule has 0 spiro atoms. The summed E-state index contributed by atoms with van der Waals surface area (Å²) in [6, 6.07) is 125. The van der Waals surface area contributed by atoms with Crippen molar-refractivity contribution in [3.63, 3.8) is 0 Å². The minimum atomic E-state index is 0.740. The summed E-state index contributed by atoms with van der Waals surface area (Å²) in [5.41, 5.74) is 23.6. The van der Waals surface area contributed by atoms with Gasteiger partial charge in [0.1, 0.15) is 39.7 Å². The van der Waals surface area contributed by atoms with Crippen molar-refractivity contribution >= 4 is 98.5 Å².